The molecule has 0 atom stereocenters. The SMILES string of the molecule is COc1ccc(CN(C(=O)CSc2nnc(Cc3cccs3)n2-c2ccccc2)C2CC2)cc1. The normalized spacial score (nSPS) is 13.1. The molecule has 174 valence electrons. The molecule has 1 amide bonds. The Kier molecular flexibility index (Phi) is 6.97. The Bertz CT molecular complexity index is 1220. The monoisotopic (exact) mass is 490 g/mol. The summed E-state index contributed by atoms with van der Waals surface area (Å²) in [4.78, 5) is 16.5. The first-order chi connectivity index (χ1) is 16.7. The highest BCUT2D eigenvalue weighted by molar-refractivity contribution is 7.99. The van der Waals surface area contributed by atoms with Crippen molar-refractivity contribution in [3.05, 3.63) is 88.4 Å². The number of aromatic nitrogens is 3. The van der Waals surface area contributed by atoms with E-state index in [4.69, 9.17) is 4.74 Å². The molecule has 0 radical (unpaired) electrons. The lowest BCUT2D eigenvalue weighted by atomic mass is 10.2. The number of rotatable bonds is 10. The van der Waals surface area contributed by atoms with Crippen LogP contribution in [0.1, 0.15) is 29.1 Å². The van der Waals surface area contributed by atoms with Crippen LogP contribution in [0.5, 0.6) is 5.75 Å². The molecule has 0 saturated heterocycles. The van der Waals surface area contributed by atoms with Crippen LogP contribution >= 0.6 is 23.1 Å². The van der Waals surface area contributed by atoms with Crippen LogP contribution in [0.2, 0.25) is 0 Å². The van der Waals surface area contributed by atoms with E-state index in [9.17, 15) is 4.79 Å². The summed E-state index contributed by atoms with van der Waals surface area (Å²) in [7, 11) is 1.66. The molecule has 0 spiro atoms. The molecule has 2 heterocycles. The summed E-state index contributed by atoms with van der Waals surface area (Å²) in [6.45, 7) is 0.614. The number of thiophene rings is 1. The third-order valence-corrected chi connectivity index (χ3v) is 7.56. The summed E-state index contributed by atoms with van der Waals surface area (Å²) < 4.78 is 7.33. The summed E-state index contributed by atoms with van der Waals surface area (Å²) in [5.74, 6) is 2.16. The molecule has 1 aliphatic rings. The maximum atomic E-state index is 13.3. The topological polar surface area (TPSA) is 60.2 Å². The lowest BCUT2D eigenvalue weighted by Gasteiger charge is -2.22. The average molecular weight is 491 g/mol. The van der Waals surface area contributed by atoms with Gasteiger partial charge in [-0.15, -0.1) is 21.5 Å². The predicted octanol–water partition coefficient (Wildman–Crippen LogP) is 5.21. The molecule has 6 nitrogen and oxygen atoms in total. The van der Waals surface area contributed by atoms with E-state index >= 15 is 0 Å². The van der Waals surface area contributed by atoms with Gasteiger partial charge in [-0.2, -0.15) is 0 Å². The number of hydrogen-bond donors (Lipinski definition) is 0. The van der Waals surface area contributed by atoms with E-state index in [-0.39, 0.29) is 5.91 Å². The average Bonchev–Trinajstić information content (AvgIpc) is 3.44. The van der Waals surface area contributed by atoms with Crippen LogP contribution in [-0.4, -0.2) is 44.5 Å². The van der Waals surface area contributed by atoms with Crippen LogP contribution in [0.3, 0.4) is 0 Å². The minimum atomic E-state index is 0.130. The highest BCUT2D eigenvalue weighted by Crippen LogP contribution is 2.31. The number of ether oxygens (including phenoxy) is 1. The number of methoxy groups -OCH3 is 1. The third-order valence-electron chi connectivity index (χ3n) is 5.77. The number of thioether (sulfide) groups is 1. The Morgan fingerprint density at radius 1 is 1.09 bits per heavy atom. The summed E-state index contributed by atoms with van der Waals surface area (Å²) >= 11 is 3.16. The summed E-state index contributed by atoms with van der Waals surface area (Å²) in [6, 6.07) is 22.5. The van der Waals surface area contributed by atoms with Crippen molar-refractivity contribution in [2.24, 2.45) is 0 Å². The first kappa shape index (κ1) is 22.7. The predicted molar refractivity (Wildman–Crippen MR) is 136 cm³/mol. The quantitative estimate of drug-likeness (QED) is 0.286. The molecule has 1 fully saturated rings. The second-order valence-electron chi connectivity index (χ2n) is 8.22. The van der Waals surface area contributed by atoms with E-state index in [1.807, 2.05) is 65.6 Å². The van der Waals surface area contributed by atoms with E-state index in [0.717, 1.165) is 40.8 Å². The molecule has 0 bridgehead atoms. The van der Waals surface area contributed by atoms with Gasteiger partial charge in [0.25, 0.3) is 0 Å². The van der Waals surface area contributed by atoms with Crippen molar-refractivity contribution in [1.82, 2.24) is 19.7 Å². The van der Waals surface area contributed by atoms with E-state index in [2.05, 4.69) is 26.2 Å². The number of amides is 1. The van der Waals surface area contributed by atoms with Gasteiger partial charge in [-0.1, -0.05) is 48.2 Å². The van der Waals surface area contributed by atoms with Crippen LogP contribution in [-0.2, 0) is 17.8 Å². The van der Waals surface area contributed by atoms with Gasteiger partial charge in [0, 0.05) is 29.6 Å². The zero-order valence-electron chi connectivity index (χ0n) is 19.0. The van der Waals surface area contributed by atoms with Gasteiger partial charge in [-0.05, 0) is 54.1 Å². The highest BCUT2D eigenvalue weighted by Gasteiger charge is 2.32. The molecule has 4 aromatic rings. The molecule has 1 aliphatic carbocycles. The molecule has 5 rings (SSSR count). The zero-order valence-corrected chi connectivity index (χ0v) is 20.6. The fraction of sp³-hybridized carbons (Fsp3) is 0.269. The van der Waals surface area contributed by atoms with Crippen molar-refractivity contribution < 1.29 is 9.53 Å². The Hall–Kier alpha value is -3.10. The van der Waals surface area contributed by atoms with Gasteiger partial charge in [-0.3, -0.25) is 9.36 Å². The Morgan fingerprint density at radius 2 is 1.88 bits per heavy atom. The van der Waals surface area contributed by atoms with Crippen LogP contribution in [0.15, 0.2) is 77.3 Å². The molecular formula is C26H26N4O2S2. The summed E-state index contributed by atoms with van der Waals surface area (Å²) in [5.41, 5.74) is 2.11. The minimum absolute atomic E-state index is 0.130. The Morgan fingerprint density at radius 3 is 2.56 bits per heavy atom. The number of benzene rings is 2. The van der Waals surface area contributed by atoms with E-state index < -0.39 is 0 Å². The standard InChI is InChI=1S/C26H26N4O2S2/c1-32-22-13-9-19(10-14-22)17-29(20-11-12-20)25(31)18-34-26-28-27-24(16-23-8-5-15-33-23)30(26)21-6-3-2-4-7-21/h2-10,13-15,20H,11-12,16-18H2,1H3. The smallest absolute Gasteiger partial charge is 0.233 e. The lowest BCUT2D eigenvalue weighted by Crippen LogP contribution is -2.34. The van der Waals surface area contributed by atoms with Crippen molar-refractivity contribution in [2.45, 2.75) is 37.0 Å². The highest BCUT2D eigenvalue weighted by atomic mass is 32.2. The molecular weight excluding hydrogens is 464 g/mol. The molecule has 0 aliphatic heterocycles. The van der Waals surface area contributed by atoms with E-state index in [0.29, 0.717) is 24.8 Å². The van der Waals surface area contributed by atoms with Crippen LogP contribution in [0.25, 0.3) is 5.69 Å². The maximum Gasteiger partial charge on any atom is 0.233 e. The van der Waals surface area contributed by atoms with Crippen molar-refractivity contribution >= 4 is 29.0 Å². The van der Waals surface area contributed by atoms with Gasteiger partial charge in [0.2, 0.25) is 5.91 Å². The maximum absolute atomic E-state index is 13.3. The van der Waals surface area contributed by atoms with Gasteiger partial charge in [0.15, 0.2) is 5.16 Å². The third kappa shape index (κ3) is 5.34. The van der Waals surface area contributed by atoms with Crippen LogP contribution in [0, 0.1) is 0 Å². The van der Waals surface area contributed by atoms with Gasteiger partial charge in [0.1, 0.15) is 11.6 Å². The number of para-hydroxylation sites is 1. The number of carbonyl (C=O) groups is 1. The summed E-state index contributed by atoms with van der Waals surface area (Å²) in [5, 5.41) is 11.8. The molecule has 2 aromatic carbocycles. The molecule has 1 saturated carbocycles. The zero-order chi connectivity index (χ0) is 23.3. The number of carbonyl (C=O) groups excluding carboxylic acids is 1. The Balaban J connectivity index is 1.32. The van der Waals surface area contributed by atoms with Crippen LogP contribution in [0.4, 0.5) is 0 Å². The lowest BCUT2D eigenvalue weighted by molar-refractivity contribution is -0.129. The van der Waals surface area contributed by atoms with Gasteiger partial charge in [0.05, 0.1) is 12.9 Å². The van der Waals surface area contributed by atoms with E-state index in [1.165, 1.54) is 16.6 Å². The number of nitrogens with zero attached hydrogens (tertiary/aromatic N) is 4. The first-order valence-corrected chi connectivity index (χ1v) is 13.1. The second-order valence-corrected chi connectivity index (χ2v) is 10.2. The largest absolute Gasteiger partial charge is 0.497 e. The molecule has 2 aromatic heterocycles. The van der Waals surface area contributed by atoms with Gasteiger partial charge in [-0.25, -0.2) is 0 Å². The summed E-state index contributed by atoms with van der Waals surface area (Å²) in [6.07, 6.45) is 2.84. The second kappa shape index (κ2) is 10.4. The molecule has 0 unspecified atom stereocenters. The fourth-order valence-corrected chi connectivity index (χ4v) is 5.42. The molecule has 8 heteroatoms. The van der Waals surface area contributed by atoms with E-state index in [1.54, 1.807) is 18.4 Å². The minimum Gasteiger partial charge on any atom is -0.497 e. The van der Waals surface area contributed by atoms with Gasteiger partial charge >= 0.3 is 0 Å². The van der Waals surface area contributed by atoms with Crippen molar-refractivity contribution in [3.8, 4) is 11.4 Å². The van der Waals surface area contributed by atoms with Crippen LogP contribution < -0.4 is 4.74 Å². The molecule has 34 heavy (non-hydrogen) atoms. The van der Waals surface area contributed by atoms with Gasteiger partial charge < -0.3 is 9.64 Å². The number of hydrogen-bond acceptors (Lipinski definition) is 6. The van der Waals surface area contributed by atoms with Crippen molar-refractivity contribution in [2.75, 3.05) is 12.9 Å². The van der Waals surface area contributed by atoms with Crippen molar-refractivity contribution in [1.29, 1.82) is 0 Å². The fourth-order valence-electron chi connectivity index (χ4n) is 3.86. The van der Waals surface area contributed by atoms with Crippen molar-refractivity contribution in [3.63, 3.8) is 0 Å². The first-order valence-electron chi connectivity index (χ1n) is 11.3. The Labute approximate surface area is 207 Å². The molecule has 0 N–H and O–H groups in total.